The Kier molecular flexibility index (Phi) is 2.63. The average Bonchev–Trinajstić information content (AvgIpc) is 2.33. The molecule has 4 heteroatoms. The van der Waals surface area contributed by atoms with E-state index in [1.165, 1.54) is 0 Å². The van der Waals surface area contributed by atoms with E-state index in [1.807, 2.05) is 24.3 Å². The summed E-state index contributed by atoms with van der Waals surface area (Å²) in [4.78, 5) is 0. The predicted molar refractivity (Wildman–Crippen MR) is 33.9 cm³/mol. The van der Waals surface area contributed by atoms with Gasteiger partial charge in [0.05, 0.1) is 5.52 Å². The zero-order valence-electron chi connectivity index (χ0n) is 4.96. The number of aromatic amines is 1. The quantitative estimate of drug-likeness (QED) is 0.786. The van der Waals surface area contributed by atoms with Crippen molar-refractivity contribution in [2.24, 2.45) is 0 Å². The third-order valence-corrected chi connectivity index (χ3v) is 1.23. The van der Waals surface area contributed by atoms with Gasteiger partial charge in [-0.25, -0.2) is 0 Å². The van der Waals surface area contributed by atoms with Crippen molar-refractivity contribution in [3.63, 3.8) is 0 Å². The molecule has 2 rings (SSSR count). The van der Waals surface area contributed by atoms with Crippen molar-refractivity contribution in [3.05, 3.63) is 24.3 Å². The summed E-state index contributed by atoms with van der Waals surface area (Å²) in [5.41, 5.74) is 1.90. The predicted octanol–water partition coefficient (Wildman–Crippen LogP) is 0.958. The van der Waals surface area contributed by atoms with Gasteiger partial charge in [0, 0.05) is 36.9 Å². The molecule has 0 bridgehead atoms. The van der Waals surface area contributed by atoms with Crippen LogP contribution in [0.4, 0.5) is 0 Å². The van der Waals surface area contributed by atoms with Crippen molar-refractivity contribution >= 4 is 11.0 Å². The first-order valence-electron chi connectivity index (χ1n) is 2.72. The third-order valence-electron chi connectivity index (χ3n) is 1.23. The Morgan fingerprint density at radius 1 is 1.20 bits per heavy atom. The third kappa shape index (κ3) is 1.30. The summed E-state index contributed by atoms with van der Waals surface area (Å²) in [6.07, 6.45) is 0. The van der Waals surface area contributed by atoms with E-state index in [-0.39, 0.29) is 36.9 Å². The van der Waals surface area contributed by atoms with Crippen molar-refractivity contribution < 1.29 is 36.9 Å². The summed E-state index contributed by atoms with van der Waals surface area (Å²) < 4.78 is 0. The second kappa shape index (κ2) is 3.31. The van der Waals surface area contributed by atoms with Crippen LogP contribution in [-0.4, -0.2) is 15.4 Å². The maximum atomic E-state index is 3.81. The topological polar surface area (TPSA) is 41.6 Å². The van der Waals surface area contributed by atoms with Crippen LogP contribution in [0.25, 0.3) is 11.0 Å². The van der Waals surface area contributed by atoms with Crippen LogP contribution in [0.5, 0.6) is 0 Å². The Labute approximate surface area is 87.0 Å². The summed E-state index contributed by atoms with van der Waals surface area (Å²) in [6, 6.07) is 7.74. The van der Waals surface area contributed by atoms with Crippen LogP contribution in [0.2, 0.25) is 0 Å². The maximum absolute atomic E-state index is 3.81. The zero-order valence-corrected chi connectivity index (χ0v) is 6.62. The van der Waals surface area contributed by atoms with Gasteiger partial charge in [-0.05, 0) is 12.1 Å². The number of para-hydroxylation sites is 1. The largest absolute Gasteiger partial charge is 0.258 e. The molecule has 0 amide bonds. The van der Waals surface area contributed by atoms with Crippen LogP contribution in [-0.2, 0) is 0 Å². The second-order valence-corrected chi connectivity index (χ2v) is 1.83. The molecule has 0 spiro atoms. The molecule has 59 valence electrons. The van der Waals surface area contributed by atoms with Gasteiger partial charge in [-0.15, -0.1) is 5.10 Å². The minimum atomic E-state index is 0. The van der Waals surface area contributed by atoms with E-state index in [0.717, 1.165) is 11.0 Å². The number of nitrogens with zero attached hydrogens (tertiary/aromatic N) is 2. The Hall–Kier alpha value is -0.146. The van der Waals surface area contributed by atoms with Crippen LogP contribution in [0.1, 0.15) is 0 Å². The van der Waals surface area contributed by atoms with Crippen LogP contribution < -0.4 is 0 Å². The molecule has 2 aromatic rings. The Morgan fingerprint density at radius 3 is 2.80 bits per heavy atom. The van der Waals surface area contributed by atoms with Gasteiger partial charge in [-0.1, -0.05) is 17.3 Å². The van der Waals surface area contributed by atoms with Crippen LogP contribution in [0.3, 0.4) is 0 Å². The molecule has 1 aromatic carbocycles. The van der Waals surface area contributed by atoms with Gasteiger partial charge in [-0.2, -0.15) is 0 Å². The minimum absolute atomic E-state index is 0. The van der Waals surface area contributed by atoms with Crippen LogP contribution in [0, 0.1) is 36.9 Å². The molecular weight excluding hydrogens is 289 g/mol. The fourth-order valence-electron chi connectivity index (χ4n) is 0.788. The standard InChI is InChI=1S/C6H5N3.Lu/c1-2-4-6-5(3-1)7-9-8-6;/h1-4H,(H,7,8,9);. The molecule has 10 heavy (non-hydrogen) atoms. The number of nitrogens with one attached hydrogen (secondary N) is 1. The number of aromatic nitrogens is 3. The second-order valence-electron chi connectivity index (χ2n) is 1.83. The van der Waals surface area contributed by atoms with Gasteiger partial charge in [0.1, 0.15) is 5.52 Å². The Bertz CT molecular complexity index is 287. The molecule has 0 aliphatic heterocycles. The molecule has 1 heterocycles. The van der Waals surface area contributed by atoms with Gasteiger partial charge in [0.2, 0.25) is 0 Å². The zero-order chi connectivity index (χ0) is 6.10. The monoisotopic (exact) mass is 294 g/mol. The first-order valence-corrected chi connectivity index (χ1v) is 2.72. The number of H-pyrrole nitrogens is 1. The summed E-state index contributed by atoms with van der Waals surface area (Å²) in [5, 5.41) is 10.2. The molecule has 0 saturated heterocycles. The van der Waals surface area contributed by atoms with Crippen molar-refractivity contribution in [2.45, 2.75) is 0 Å². The van der Waals surface area contributed by atoms with Crippen LogP contribution in [0.15, 0.2) is 24.3 Å². The summed E-state index contributed by atoms with van der Waals surface area (Å²) >= 11 is 0. The van der Waals surface area contributed by atoms with Crippen molar-refractivity contribution in [1.29, 1.82) is 0 Å². The molecule has 1 radical (unpaired) electrons. The van der Waals surface area contributed by atoms with E-state index >= 15 is 0 Å². The number of benzene rings is 1. The number of hydrogen-bond donors (Lipinski definition) is 1. The number of hydrogen-bond acceptors (Lipinski definition) is 2. The SMILES string of the molecule is [Lu].c1ccc2[nH]nnc2c1. The molecule has 0 fully saturated rings. The Balaban J connectivity index is 0.000000500. The van der Waals surface area contributed by atoms with Gasteiger partial charge in [-0.3, -0.25) is 5.10 Å². The molecule has 0 aliphatic rings. The van der Waals surface area contributed by atoms with Crippen LogP contribution >= 0.6 is 0 Å². The summed E-state index contributed by atoms with van der Waals surface area (Å²) in [7, 11) is 0. The van der Waals surface area contributed by atoms with E-state index in [0.29, 0.717) is 0 Å². The summed E-state index contributed by atoms with van der Waals surface area (Å²) in [5.74, 6) is 0. The normalized spacial score (nSPS) is 9.20. The van der Waals surface area contributed by atoms with Gasteiger partial charge in [0.15, 0.2) is 0 Å². The maximum Gasteiger partial charge on any atom is 0.112 e. The molecule has 0 unspecified atom stereocenters. The number of rotatable bonds is 0. The minimum Gasteiger partial charge on any atom is -0.258 e. The summed E-state index contributed by atoms with van der Waals surface area (Å²) in [6.45, 7) is 0. The van der Waals surface area contributed by atoms with Crippen molar-refractivity contribution in [1.82, 2.24) is 15.4 Å². The molecule has 0 aliphatic carbocycles. The molecule has 3 nitrogen and oxygen atoms in total. The molecular formula is C6H5LuN3. The van der Waals surface area contributed by atoms with Crippen molar-refractivity contribution in [3.8, 4) is 0 Å². The molecule has 0 atom stereocenters. The molecule has 0 saturated carbocycles. The fraction of sp³-hybridized carbons (Fsp3) is 0. The van der Waals surface area contributed by atoms with E-state index in [4.69, 9.17) is 0 Å². The van der Waals surface area contributed by atoms with E-state index < -0.39 is 0 Å². The first kappa shape index (κ1) is 7.96. The smallest absolute Gasteiger partial charge is 0.112 e. The molecule has 1 aromatic heterocycles. The molecule has 1 N–H and O–H groups in total. The van der Waals surface area contributed by atoms with Gasteiger partial charge in [0.25, 0.3) is 0 Å². The van der Waals surface area contributed by atoms with Gasteiger partial charge < -0.3 is 0 Å². The van der Waals surface area contributed by atoms with E-state index in [1.54, 1.807) is 0 Å². The van der Waals surface area contributed by atoms with Gasteiger partial charge >= 0.3 is 0 Å². The van der Waals surface area contributed by atoms with Crippen molar-refractivity contribution in [2.75, 3.05) is 0 Å². The van der Waals surface area contributed by atoms with E-state index in [2.05, 4.69) is 15.4 Å². The Morgan fingerprint density at radius 2 is 2.00 bits per heavy atom. The van der Waals surface area contributed by atoms with E-state index in [9.17, 15) is 0 Å². The fourth-order valence-corrected chi connectivity index (χ4v) is 0.788. The average molecular weight is 294 g/mol. The first-order chi connectivity index (χ1) is 4.47. The number of fused-ring (bicyclic) bond motifs is 1.